The van der Waals surface area contributed by atoms with Crippen LogP contribution in [0.15, 0.2) is 24.3 Å². The maximum Gasteiger partial charge on any atom is 0.216 e. The van der Waals surface area contributed by atoms with Crippen molar-refractivity contribution in [1.82, 2.24) is 5.32 Å². The number of carbonyl (C=O) groups is 1. The van der Waals surface area contributed by atoms with Crippen LogP contribution in [0.5, 0.6) is 0 Å². The van der Waals surface area contributed by atoms with Crippen LogP contribution < -0.4 is 5.32 Å². The molecule has 1 aromatic carbocycles. The van der Waals surface area contributed by atoms with Crippen molar-refractivity contribution in [3.05, 3.63) is 34.9 Å². The third-order valence-corrected chi connectivity index (χ3v) is 3.21. The van der Waals surface area contributed by atoms with Crippen molar-refractivity contribution in [2.45, 2.75) is 12.7 Å². The number of halogens is 1. The van der Waals surface area contributed by atoms with Gasteiger partial charge in [-0.2, -0.15) is 11.8 Å². The molecule has 0 atom stereocenters. The number of nitrogens with one attached hydrogen (secondary N) is 1. The lowest BCUT2D eigenvalue weighted by molar-refractivity contribution is -0.118. The van der Waals surface area contributed by atoms with Gasteiger partial charge in [0.15, 0.2) is 0 Å². The smallest absolute Gasteiger partial charge is 0.216 e. The fourth-order valence-electron chi connectivity index (χ4n) is 1.10. The number of rotatable bonds is 5. The molecule has 0 fully saturated rings. The molecule has 0 aliphatic carbocycles. The van der Waals surface area contributed by atoms with E-state index in [4.69, 9.17) is 11.6 Å². The molecule has 0 heterocycles. The van der Waals surface area contributed by atoms with Gasteiger partial charge in [-0.15, -0.1) is 0 Å². The third-order valence-electron chi connectivity index (χ3n) is 1.84. The Morgan fingerprint density at radius 3 is 2.87 bits per heavy atom. The van der Waals surface area contributed by atoms with Gasteiger partial charge in [0.05, 0.1) is 0 Å². The quantitative estimate of drug-likeness (QED) is 0.806. The monoisotopic (exact) mass is 243 g/mol. The van der Waals surface area contributed by atoms with Gasteiger partial charge in [0.2, 0.25) is 5.91 Å². The molecule has 0 aliphatic heterocycles. The first kappa shape index (κ1) is 12.4. The maximum atomic E-state index is 10.6. The van der Waals surface area contributed by atoms with Gasteiger partial charge >= 0.3 is 0 Å². The van der Waals surface area contributed by atoms with Crippen LogP contribution in [-0.4, -0.2) is 18.2 Å². The van der Waals surface area contributed by atoms with Gasteiger partial charge in [-0.1, -0.05) is 29.8 Å². The van der Waals surface area contributed by atoms with Crippen LogP contribution in [0.3, 0.4) is 0 Å². The van der Waals surface area contributed by atoms with Gasteiger partial charge in [-0.05, 0) is 11.6 Å². The lowest BCUT2D eigenvalue weighted by atomic mass is 10.2. The van der Waals surface area contributed by atoms with Gasteiger partial charge in [-0.3, -0.25) is 4.79 Å². The number of hydrogen-bond donors (Lipinski definition) is 1. The van der Waals surface area contributed by atoms with E-state index in [9.17, 15) is 4.79 Å². The molecule has 4 heteroatoms. The highest BCUT2D eigenvalue weighted by Crippen LogP contribution is 2.20. The second-order valence-corrected chi connectivity index (χ2v) is 4.64. The lowest BCUT2D eigenvalue weighted by Crippen LogP contribution is -2.22. The van der Waals surface area contributed by atoms with Gasteiger partial charge in [0.25, 0.3) is 0 Å². The molecule has 0 saturated carbocycles. The molecule has 0 spiro atoms. The Labute approximate surface area is 99.4 Å². The van der Waals surface area contributed by atoms with Crippen LogP contribution in [0.4, 0.5) is 0 Å². The first-order valence-corrected chi connectivity index (χ1v) is 6.29. The summed E-state index contributed by atoms with van der Waals surface area (Å²) in [5.74, 6) is 1.82. The summed E-state index contributed by atoms with van der Waals surface area (Å²) < 4.78 is 0. The van der Waals surface area contributed by atoms with Crippen molar-refractivity contribution in [1.29, 1.82) is 0 Å². The predicted octanol–water partition coefficient (Wildman–Crippen LogP) is 2.71. The first-order valence-electron chi connectivity index (χ1n) is 4.75. The summed E-state index contributed by atoms with van der Waals surface area (Å²) in [4.78, 5) is 10.6. The minimum atomic E-state index is 0.0216. The van der Waals surface area contributed by atoms with Crippen LogP contribution in [0.2, 0.25) is 5.02 Å². The summed E-state index contributed by atoms with van der Waals surface area (Å²) in [6.07, 6.45) is 0. The normalized spacial score (nSPS) is 10.0. The summed E-state index contributed by atoms with van der Waals surface area (Å²) >= 11 is 7.77. The van der Waals surface area contributed by atoms with Gasteiger partial charge in [0.1, 0.15) is 0 Å². The second kappa shape index (κ2) is 6.75. The minimum absolute atomic E-state index is 0.0216. The van der Waals surface area contributed by atoms with E-state index in [1.54, 1.807) is 11.8 Å². The van der Waals surface area contributed by atoms with Crippen molar-refractivity contribution in [2.75, 3.05) is 12.3 Å². The summed E-state index contributed by atoms with van der Waals surface area (Å²) in [7, 11) is 0. The van der Waals surface area contributed by atoms with Crippen molar-refractivity contribution in [3.8, 4) is 0 Å². The molecule has 0 aromatic heterocycles. The van der Waals surface area contributed by atoms with E-state index < -0.39 is 0 Å². The Morgan fingerprint density at radius 2 is 2.20 bits per heavy atom. The van der Waals surface area contributed by atoms with E-state index in [1.165, 1.54) is 6.92 Å². The number of thioether (sulfide) groups is 1. The second-order valence-electron chi connectivity index (χ2n) is 3.13. The number of amides is 1. The molecule has 0 saturated heterocycles. The molecule has 1 amide bonds. The zero-order valence-corrected chi connectivity index (χ0v) is 10.2. The van der Waals surface area contributed by atoms with E-state index in [2.05, 4.69) is 5.32 Å². The predicted molar refractivity (Wildman–Crippen MR) is 66.3 cm³/mol. The summed E-state index contributed by atoms with van der Waals surface area (Å²) in [5.41, 5.74) is 1.15. The highest BCUT2D eigenvalue weighted by atomic mass is 35.5. The Bertz CT molecular complexity index is 330. The van der Waals surface area contributed by atoms with E-state index in [1.807, 2.05) is 24.3 Å². The van der Waals surface area contributed by atoms with Crippen molar-refractivity contribution >= 4 is 29.3 Å². The molecule has 1 N–H and O–H groups in total. The molecule has 15 heavy (non-hydrogen) atoms. The highest BCUT2D eigenvalue weighted by Gasteiger charge is 1.98. The van der Waals surface area contributed by atoms with Gasteiger partial charge in [0, 0.05) is 30.0 Å². The standard InChI is InChI=1S/C11H14ClNOS/c1-9(14)13-6-7-15-8-10-4-2-3-5-11(10)12/h2-5H,6-8H2,1H3,(H,13,14). The topological polar surface area (TPSA) is 29.1 Å². The molecule has 0 radical (unpaired) electrons. The van der Waals surface area contributed by atoms with Gasteiger partial charge < -0.3 is 5.32 Å². The van der Waals surface area contributed by atoms with Crippen LogP contribution in [-0.2, 0) is 10.5 Å². The van der Waals surface area contributed by atoms with E-state index in [-0.39, 0.29) is 5.91 Å². The fraction of sp³-hybridized carbons (Fsp3) is 0.364. The maximum absolute atomic E-state index is 10.6. The van der Waals surface area contributed by atoms with Crippen LogP contribution >= 0.6 is 23.4 Å². The van der Waals surface area contributed by atoms with E-state index in [0.29, 0.717) is 6.54 Å². The first-order chi connectivity index (χ1) is 7.20. The molecule has 1 rings (SSSR count). The molecule has 0 unspecified atom stereocenters. The average molecular weight is 244 g/mol. The van der Waals surface area contributed by atoms with Crippen LogP contribution in [0, 0.1) is 0 Å². The van der Waals surface area contributed by atoms with Crippen molar-refractivity contribution in [2.24, 2.45) is 0 Å². The van der Waals surface area contributed by atoms with Crippen LogP contribution in [0.1, 0.15) is 12.5 Å². The van der Waals surface area contributed by atoms with E-state index in [0.717, 1.165) is 22.1 Å². The number of carbonyl (C=O) groups excluding carboxylic acids is 1. The molecule has 2 nitrogen and oxygen atoms in total. The fourth-order valence-corrected chi connectivity index (χ4v) is 2.24. The number of hydrogen-bond acceptors (Lipinski definition) is 2. The van der Waals surface area contributed by atoms with Gasteiger partial charge in [-0.25, -0.2) is 0 Å². The minimum Gasteiger partial charge on any atom is -0.356 e. The Balaban J connectivity index is 2.21. The Morgan fingerprint density at radius 1 is 1.47 bits per heavy atom. The zero-order valence-electron chi connectivity index (χ0n) is 8.63. The molecule has 0 aliphatic rings. The SMILES string of the molecule is CC(=O)NCCSCc1ccccc1Cl. The zero-order chi connectivity index (χ0) is 11.1. The van der Waals surface area contributed by atoms with Crippen molar-refractivity contribution in [3.63, 3.8) is 0 Å². The lowest BCUT2D eigenvalue weighted by Gasteiger charge is -2.04. The summed E-state index contributed by atoms with van der Waals surface area (Å²) in [6.45, 7) is 2.24. The summed E-state index contributed by atoms with van der Waals surface area (Å²) in [5, 5.41) is 3.56. The van der Waals surface area contributed by atoms with E-state index >= 15 is 0 Å². The molecule has 0 bridgehead atoms. The average Bonchev–Trinajstić information content (AvgIpc) is 2.20. The molecule has 1 aromatic rings. The molecular weight excluding hydrogens is 230 g/mol. The summed E-state index contributed by atoms with van der Waals surface area (Å²) in [6, 6.07) is 7.82. The number of benzene rings is 1. The Kier molecular flexibility index (Phi) is 5.58. The largest absolute Gasteiger partial charge is 0.356 e. The Hall–Kier alpha value is -0.670. The third kappa shape index (κ3) is 5.09. The van der Waals surface area contributed by atoms with Crippen molar-refractivity contribution < 1.29 is 4.79 Å². The molecular formula is C11H14ClNOS. The highest BCUT2D eigenvalue weighted by molar-refractivity contribution is 7.98. The molecule has 82 valence electrons. The van der Waals surface area contributed by atoms with Crippen LogP contribution in [0.25, 0.3) is 0 Å².